The normalized spacial score (nSPS) is 12.1. The fraction of sp³-hybridized carbons (Fsp3) is 0.692. The van der Waals surface area contributed by atoms with Crippen molar-refractivity contribution in [1.29, 1.82) is 0 Å². The van der Waals surface area contributed by atoms with Crippen LogP contribution in [0.5, 0.6) is 0 Å². The van der Waals surface area contributed by atoms with Crippen LogP contribution in [-0.2, 0) is 6.54 Å². The molecule has 1 aromatic heterocycles. The molecule has 3 nitrogen and oxygen atoms in total. The molecule has 0 aliphatic rings. The summed E-state index contributed by atoms with van der Waals surface area (Å²) >= 11 is 6.78. The molecule has 0 aliphatic carbocycles. The first-order chi connectivity index (χ1) is 8.31. The van der Waals surface area contributed by atoms with Crippen molar-refractivity contribution < 1.29 is 0 Å². The lowest BCUT2D eigenvalue weighted by Gasteiger charge is -2.24. The van der Waals surface area contributed by atoms with Crippen LogP contribution in [0.15, 0.2) is 5.38 Å². The monoisotopic (exact) mass is 285 g/mol. The lowest BCUT2D eigenvalue weighted by Crippen LogP contribution is -2.31. The molecular weight excluding hydrogens is 262 g/mol. The van der Waals surface area contributed by atoms with Crippen LogP contribution in [-0.4, -0.2) is 28.5 Å². The average molecular weight is 285 g/mol. The Labute approximate surface area is 119 Å². The molecule has 1 heterocycles. The lowest BCUT2D eigenvalue weighted by atomic mass is 9.88. The maximum absolute atomic E-state index is 5.72. The van der Waals surface area contributed by atoms with E-state index in [-0.39, 0.29) is 5.41 Å². The molecule has 0 saturated carbocycles. The summed E-state index contributed by atoms with van der Waals surface area (Å²) in [6.07, 6.45) is 2.13. The van der Waals surface area contributed by atoms with Crippen LogP contribution in [0, 0.1) is 12.3 Å². The Morgan fingerprint density at radius 3 is 2.72 bits per heavy atom. The van der Waals surface area contributed by atoms with E-state index < -0.39 is 0 Å². The summed E-state index contributed by atoms with van der Waals surface area (Å²) in [4.78, 5) is 7.38. The van der Waals surface area contributed by atoms with E-state index in [9.17, 15) is 0 Å². The molecule has 0 bridgehead atoms. The topological polar surface area (TPSA) is 42.2 Å². The summed E-state index contributed by atoms with van der Waals surface area (Å²) in [7, 11) is 2.13. The number of thiazole rings is 1. The van der Waals surface area contributed by atoms with Crippen molar-refractivity contribution in [2.45, 2.75) is 40.2 Å². The number of nitrogens with two attached hydrogens (primary N) is 1. The summed E-state index contributed by atoms with van der Waals surface area (Å²) in [5, 5.41) is 3.26. The van der Waals surface area contributed by atoms with Crippen LogP contribution >= 0.6 is 23.6 Å². The first kappa shape index (κ1) is 15.5. The van der Waals surface area contributed by atoms with Gasteiger partial charge in [0.05, 0.1) is 15.7 Å². The highest BCUT2D eigenvalue weighted by Gasteiger charge is 2.20. The third kappa shape index (κ3) is 5.00. The van der Waals surface area contributed by atoms with Crippen LogP contribution in [0.1, 0.15) is 37.4 Å². The van der Waals surface area contributed by atoms with Gasteiger partial charge in [-0.1, -0.05) is 26.1 Å². The van der Waals surface area contributed by atoms with Gasteiger partial charge in [-0.05, 0) is 33.4 Å². The first-order valence-corrected chi connectivity index (χ1v) is 7.49. The fourth-order valence-electron chi connectivity index (χ4n) is 1.75. The van der Waals surface area contributed by atoms with E-state index in [4.69, 9.17) is 18.0 Å². The largest absolute Gasteiger partial charge is 0.393 e. The molecule has 5 heteroatoms. The molecular formula is C13H23N3S2. The second-order valence-electron chi connectivity index (χ2n) is 5.45. The second-order valence-corrected chi connectivity index (χ2v) is 6.95. The number of rotatable bonds is 7. The third-order valence-corrected chi connectivity index (χ3v) is 4.48. The van der Waals surface area contributed by atoms with Crippen molar-refractivity contribution in [1.82, 2.24) is 9.88 Å². The van der Waals surface area contributed by atoms with E-state index >= 15 is 0 Å². The number of nitrogens with zero attached hydrogens (tertiary/aromatic N) is 2. The molecule has 0 spiro atoms. The van der Waals surface area contributed by atoms with Crippen molar-refractivity contribution >= 4 is 28.5 Å². The first-order valence-electron chi connectivity index (χ1n) is 6.21. The zero-order valence-electron chi connectivity index (χ0n) is 11.7. The van der Waals surface area contributed by atoms with Gasteiger partial charge in [-0.25, -0.2) is 4.98 Å². The quantitative estimate of drug-likeness (QED) is 0.782. The van der Waals surface area contributed by atoms with Gasteiger partial charge in [-0.3, -0.25) is 0 Å². The van der Waals surface area contributed by atoms with Crippen LogP contribution in [0.4, 0.5) is 0 Å². The van der Waals surface area contributed by atoms with Crippen LogP contribution < -0.4 is 5.73 Å². The van der Waals surface area contributed by atoms with Crippen molar-refractivity contribution in [3.63, 3.8) is 0 Å². The van der Waals surface area contributed by atoms with Gasteiger partial charge in [0.2, 0.25) is 0 Å². The minimum absolute atomic E-state index is 0.0343. The van der Waals surface area contributed by atoms with Gasteiger partial charge < -0.3 is 10.6 Å². The second kappa shape index (κ2) is 6.59. The Morgan fingerprint density at radius 2 is 2.22 bits per heavy atom. The Hall–Kier alpha value is -0.520. The summed E-state index contributed by atoms with van der Waals surface area (Å²) in [5.74, 6) is 0. The Morgan fingerprint density at radius 1 is 1.56 bits per heavy atom. The minimum atomic E-state index is -0.0343. The van der Waals surface area contributed by atoms with Gasteiger partial charge in [0.1, 0.15) is 0 Å². The molecule has 0 fully saturated rings. The van der Waals surface area contributed by atoms with E-state index in [1.807, 2.05) is 6.92 Å². The number of thiocarbonyl (C=S) groups is 1. The lowest BCUT2D eigenvalue weighted by molar-refractivity contribution is 0.299. The number of hydrogen-bond donors (Lipinski definition) is 1. The smallest absolute Gasteiger partial charge is 0.0897 e. The SMILES string of the molecule is Cc1nc(CN(C)CCCC(C)(C)C(N)=S)cs1. The van der Waals surface area contributed by atoms with E-state index in [1.165, 1.54) is 0 Å². The maximum atomic E-state index is 5.72. The van der Waals surface area contributed by atoms with Crippen molar-refractivity contribution in [3.8, 4) is 0 Å². The van der Waals surface area contributed by atoms with Crippen LogP contribution in [0.2, 0.25) is 0 Å². The average Bonchev–Trinajstić information content (AvgIpc) is 2.63. The summed E-state index contributed by atoms with van der Waals surface area (Å²) in [6.45, 7) is 8.22. The van der Waals surface area contributed by atoms with Crippen molar-refractivity contribution in [3.05, 3.63) is 16.1 Å². The summed E-state index contributed by atoms with van der Waals surface area (Å²) in [5.41, 5.74) is 6.85. The van der Waals surface area contributed by atoms with Gasteiger partial charge in [0.25, 0.3) is 0 Å². The highest BCUT2D eigenvalue weighted by atomic mass is 32.1. The number of aryl methyl sites for hydroxylation is 1. The minimum Gasteiger partial charge on any atom is -0.393 e. The Kier molecular flexibility index (Phi) is 5.69. The molecule has 102 valence electrons. The molecule has 2 N–H and O–H groups in total. The zero-order valence-corrected chi connectivity index (χ0v) is 13.3. The van der Waals surface area contributed by atoms with E-state index in [2.05, 4.69) is 36.2 Å². The Balaban J connectivity index is 2.29. The van der Waals surface area contributed by atoms with Gasteiger partial charge in [-0.2, -0.15) is 0 Å². The van der Waals surface area contributed by atoms with E-state index in [0.29, 0.717) is 4.99 Å². The third-order valence-electron chi connectivity index (χ3n) is 3.11. The highest BCUT2D eigenvalue weighted by molar-refractivity contribution is 7.80. The van der Waals surface area contributed by atoms with Gasteiger partial charge in [0, 0.05) is 17.3 Å². The van der Waals surface area contributed by atoms with Crippen molar-refractivity contribution in [2.75, 3.05) is 13.6 Å². The van der Waals surface area contributed by atoms with E-state index in [0.717, 1.165) is 36.6 Å². The van der Waals surface area contributed by atoms with Crippen molar-refractivity contribution in [2.24, 2.45) is 11.1 Å². The fourth-order valence-corrected chi connectivity index (χ4v) is 2.46. The predicted octanol–water partition coefficient (Wildman–Crippen LogP) is 2.98. The molecule has 1 rings (SSSR count). The van der Waals surface area contributed by atoms with Gasteiger partial charge >= 0.3 is 0 Å². The standard InChI is InChI=1S/C13H23N3S2/c1-10-15-11(9-18-10)8-16(4)7-5-6-13(2,3)12(14)17/h9H,5-8H2,1-4H3,(H2,14,17). The van der Waals surface area contributed by atoms with E-state index in [1.54, 1.807) is 11.3 Å². The van der Waals surface area contributed by atoms with Gasteiger partial charge in [0.15, 0.2) is 0 Å². The summed E-state index contributed by atoms with van der Waals surface area (Å²) in [6, 6.07) is 0. The van der Waals surface area contributed by atoms with Crippen LogP contribution in [0.25, 0.3) is 0 Å². The highest BCUT2D eigenvalue weighted by Crippen LogP contribution is 2.22. The Bertz CT molecular complexity index is 399. The van der Waals surface area contributed by atoms with Crippen LogP contribution in [0.3, 0.4) is 0 Å². The molecule has 0 amide bonds. The summed E-state index contributed by atoms with van der Waals surface area (Å²) < 4.78 is 0. The number of hydrogen-bond acceptors (Lipinski definition) is 4. The molecule has 0 atom stereocenters. The predicted molar refractivity (Wildman–Crippen MR) is 83.0 cm³/mol. The molecule has 0 aliphatic heterocycles. The van der Waals surface area contributed by atoms with Gasteiger partial charge in [-0.15, -0.1) is 11.3 Å². The molecule has 0 radical (unpaired) electrons. The molecule has 0 saturated heterocycles. The molecule has 18 heavy (non-hydrogen) atoms. The molecule has 0 unspecified atom stereocenters. The molecule has 1 aromatic rings. The molecule has 0 aromatic carbocycles. The number of aromatic nitrogens is 1. The zero-order chi connectivity index (χ0) is 13.8. The maximum Gasteiger partial charge on any atom is 0.0897 e.